The molecule has 5 atom stereocenters. The molecule has 8 heteroatoms. The first-order valence-electron chi connectivity index (χ1n) is 5.92. The van der Waals surface area contributed by atoms with Crippen LogP contribution in [-0.4, -0.2) is 72.6 Å². The summed E-state index contributed by atoms with van der Waals surface area (Å²) in [5, 5.41) is 55.4. The molecule has 0 saturated carbocycles. The van der Waals surface area contributed by atoms with E-state index in [-0.39, 0.29) is 11.5 Å². The fraction of sp³-hybridized carbons (Fsp3) is 0.909. The van der Waals surface area contributed by atoms with Gasteiger partial charge in [0.05, 0.1) is 17.3 Å². The number of rotatable bonds is 4. The smallest absolute Gasteiger partial charge is 0.137 e. The molecule has 0 aromatic carbocycles. The number of hydrogen-bond donors (Lipinski definition) is 6. The minimum Gasteiger partial charge on any atom is -0.394 e. The van der Waals surface area contributed by atoms with Crippen molar-refractivity contribution in [2.24, 2.45) is 0 Å². The predicted octanol–water partition coefficient (Wildman–Crippen LogP) is -1.34. The van der Waals surface area contributed by atoms with Crippen molar-refractivity contribution in [2.75, 3.05) is 6.61 Å². The van der Waals surface area contributed by atoms with Crippen LogP contribution in [0, 0.1) is 5.41 Å². The van der Waals surface area contributed by atoms with Gasteiger partial charge in [-0.1, -0.05) is 11.8 Å². The number of aliphatic hydroxyl groups is 5. The maximum Gasteiger partial charge on any atom is 0.137 e. The van der Waals surface area contributed by atoms with Gasteiger partial charge in [-0.15, -0.1) is 0 Å². The summed E-state index contributed by atoms with van der Waals surface area (Å²) in [4.78, 5) is 0. The van der Waals surface area contributed by atoms with Crippen LogP contribution in [0.2, 0.25) is 0 Å². The molecule has 0 bridgehead atoms. The normalized spacial score (nSPS) is 36.3. The van der Waals surface area contributed by atoms with Gasteiger partial charge in [-0.3, -0.25) is 5.41 Å². The first-order valence-corrected chi connectivity index (χ1v) is 6.80. The molecule has 1 aliphatic rings. The zero-order chi connectivity index (χ0) is 14.8. The zero-order valence-corrected chi connectivity index (χ0v) is 11.7. The summed E-state index contributed by atoms with van der Waals surface area (Å²) < 4.78 is 5.25. The molecule has 0 aromatic rings. The van der Waals surface area contributed by atoms with Crippen molar-refractivity contribution in [2.45, 2.75) is 55.7 Å². The standard InChI is InChI=1S/C11H21NO6S/c1-11(2,17)3-6(12)19-10-9(16)8(15)7(14)5(4-13)18-10/h5,7-10,12-17H,3-4H2,1-2H3/t5-,7-,8+,9-,10+/m1/s1. The molecule has 1 fully saturated rings. The number of hydrogen-bond acceptors (Lipinski definition) is 8. The second kappa shape index (κ2) is 6.49. The molecule has 112 valence electrons. The zero-order valence-electron chi connectivity index (χ0n) is 10.9. The van der Waals surface area contributed by atoms with Crippen molar-refractivity contribution in [3.8, 4) is 0 Å². The van der Waals surface area contributed by atoms with Crippen molar-refractivity contribution in [3.05, 3.63) is 0 Å². The Morgan fingerprint density at radius 3 is 2.26 bits per heavy atom. The van der Waals surface area contributed by atoms with Crippen LogP contribution in [0.5, 0.6) is 0 Å². The topological polar surface area (TPSA) is 134 Å². The Kier molecular flexibility index (Phi) is 5.75. The fourth-order valence-electron chi connectivity index (χ4n) is 1.74. The van der Waals surface area contributed by atoms with Gasteiger partial charge in [0.15, 0.2) is 0 Å². The lowest BCUT2D eigenvalue weighted by molar-refractivity contribution is -0.205. The molecule has 0 aliphatic carbocycles. The highest BCUT2D eigenvalue weighted by Gasteiger charge is 2.44. The number of thioether (sulfide) groups is 1. The lowest BCUT2D eigenvalue weighted by Crippen LogP contribution is -2.57. The Hall–Kier alpha value is -0.220. The molecule has 1 heterocycles. The third kappa shape index (κ3) is 4.67. The summed E-state index contributed by atoms with van der Waals surface area (Å²) in [6.45, 7) is 2.60. The van der Waals surface area contributed by atoms with Crippen molar-refractivity contribution in [1.82, 2.24) is 0 Å². The molecule has 7 nitrogen and oxygen atoms in total. The molecule has 0 radical (unpaired) electrons. The molecule has 1 aliphatic heterocycles. The van der Waals surface area contributed by atoms with Crippen LogP contribution in [0.3, 0.4) is 0 Å². The van der Waals surface area contributed by atoms with E-state index < -0.39 is 42.1 Å². The van der Waals surface area contributed by atoms with Crippen LogP contribution < -0.4 is 0 Å². The highest BCUT2D eigenvalue weighted by molar-refractivity contribution is 8.14. The molecule has 1 rings (SSSR count). The summed E-state index contributed by atoms with van der Waals surface area (Å²) in [6, 6.07) is 0. The first-order chi connectivity index (χ1) is 8.65. The molecule has 1 saturated heterocycles. The van der Waals surface area contributed by atoms with E-state index in [1.807, 2.05) is 0 Å². The van der Waals surface area contributed by atoms with E-state index in [4.69, 9.17) is 15.3 Å². The average Bonchev–Trinajstić information content (AvgIpc) is 2.27. The molecule has 0 amide bonds. The Bertz CT molecular complexity index is 319. The molecule has 6 N–H and O–H groups in total. The van der Waals surface area contributed by atoms with Crippen LogP contribution in [0.1, 0.15) is 20.3 Å². The second-order valence-corrected chi connectivity index (χ2v) is 6.42. The van der Waals surface area contributed by atoms with Gasteiger partial charge in [0, 0.05) is 6.42 Å². The molecular weight excluding hydrogens is 274 g/mol. The van der Waals surface area contributed by atoms with Gasteiger partial charge in [-0.05, 0) is 13.8 Å². The first kappa shape index (κ1) is 16.8. The molecule has 0 unspecified atom stereocenters. The molecule has 19 heavy (non-hydrogen) atoms. The van der Waals surface area contributed by atoms with E-state index in [1.165, 1.54) is 0 Å². The van der Waals surface area contributed by atoms with Gasteiger partial charge in [0.1, 0.15) is 29.9 Å². The lowest BCUT2D eigenvalue weighted by Gasteiger charge is -2.39. The van der Waals surface area contributed by atoms with E-state index in [0.717, 1.165) is 11.8 Å². The summed E-state index contributed by atoms with van der Waals surface area (Å²) in [7, 11) is 0. The Morgan fingerprint density at radius 2 is 1.79 bits per heavy atom. The maximum atomic E-state index is 9.77. The van der Waals surface area contributed by atoms with Crippen molar-refractivity contribution < 1.29 is 30.3 Å². The van der Waals surface area contributed by atoms with E-state index in [0.29, 0.717) is 0 Å². The van der Waals surface area contributed by atoms with Crippen molar-refractivity contribution >= 4 is 16.8 Å². The third-order valence-electron chi connectivity index (χ3n) is 2.70. The van der Waals surface area contributed by atoms with Gasteiger partial charge < -0.3 is 30.3 Å². The van der Waals surface area contributed by atoms with Crippen LogP contribution in [0.4, 0.5) is 0 Å². The van der Waals surface area contributed by atoms with Crippen LogP contribution in [-0.2, 0) is 4.74 Å². The van der Waals surface area contributed by atoms with Crippen LogP contribution in [0.25, 0.3) is 0 Å². The monoisotopic (exact) mass is 295 g/mol. The van der Waals surface area contributed by atoms with Gasteiger partial charge in [-0.2, -0.15) is 0 Å². The van der Waals surface area contributed by atoms with Crippen LogP contribution in [0.15, 0.2) is 0 Å². The molecular formula is C11H21NO6S. The Labute approximate surface area is 115 Å². The number of ether oxygens (including phenoxy) is 1. The predicted molar refractivity (Wildman–Crippen MR) is 70.0 cm³/mol. The summed E-state index contributed by atoms with van der Waals surface area (Å²) in [5.74, 6) is 0. The Balaban J connectivity index is 2.64. The Morgan fingerprint density at radius 1 is 1.21 bits per heavy atom. The van der Waals surface area contributed by atoms with Gasteiger partial charge in [-0.25, -0.2) is 0 Å². The quantitative estimate of drug-likeness (QED) is 0.279. The van der Waals surface area contributed by atoms with E-state index in [9.17, 15) is 20.4 Å². The largest absolute Gasteiger partial charge is 0.394 e. The van der Waals surface area contributed by atoms with Crippen molar-refractivity contribution in [3.63, 3.8) is 0 Å². The minimum atomic E-state index is -1.45. The van der Waals surface area contributed by atoms with E-state index in [1.54, 1.807) is 13.8 Å². The van der Waals surface area contributed by atoms with E-state index >= 15 is 0 Å². The average molecular weight is 295 g/mol. The highest BCUT2D eigenvalue weighted by Crippen LogP contribution is 2.30. The van der Waals surface area contributed by atoms with Crippen molar-refractivity contribution in [1.29, 1.82) is 5.41 Å². The third-order valence-corrected chi connectivity index (χ3v) is 3.75. The number of aliphatic hydroxyl groups excluding tert-OH is 4. The lowest BCUT2D eigenvalue weighted by atomic mass is 10.0. The van der Waals surface area contributed by atoms with Gasteiger partial charge in [0.25, 0.3) is 0 Å². The highest BCUT2D eigenvalue weighted by atomic mass is 32.2. The maximum absolute atomic E-state index is 9.77. The SMILES string of the molecule is CC(C)(O)CC(=N)S[C@@H]1O[C@H](CO)[C@@H](O)[C@H](O)[C@H]1O. The molecule has 0 aromatic heterocycles. The molecule has 0 spiro atoms. The minimum absolute atomic E-state index is 0.0761. The van der Waals surface area contributed by atoms with Crippen LogP contribution >= 0.6 is 11.8 Å². The second-order valence-electron chi connectivity index (χ2n) is 5.23. The summed E-state index contributed by atoms with van der Waals surface area (Å²) in [5.41, 5.74) is -2.02. The summed E-state index contributed by atoms with van der Waals surface area (Å²) in [6.07, 6.45) is -5.12. The number of nitrogens with one attached hydrogen (secondary N) is 1. The fourth-order valence-corrected chi connectivity index (χ4v) is 2.96. The van der Waals surface area contributed by atoms with E-state index in [2.05, 4.69) is 0 Å². The summed E-state index contributed by atoms with van der Waals surface area (Å²) >= 11 is 0.849. The van der Waals surface area contributed by atoms with Gasteiger partial charge >= 0.3 is 0 Å². The van der Waals surface area contributed by atoms with Gasteiger partial charge in [0.2, 0.25) is 0 Å².